The number of nitrogens with zero attached hydrogens (tertiary/aromatic N) is 1. The first-order chi connectivity index (χ1) is 12.0. The summed E-state index contributed by atoms with van der Waals surface area (Å²) in [5.74, 6) is -0.429. The summed E-state index contributed by atoms with van der Waals surface area (Å²) in [6, 6.07) is 16.8. The van der Waals surface area contributed by atoms with Crippen molar-refractivity contribution in [1.29, 1.82) is 0 Å². The Bertz CT molecular complexity index is 811. The van der Waals surface area contributed by atoms with E-state index < -0.39 is 12.1 Å². The van der Waals surface area contributed by atoms with Gasteiger partial charge in [-0.05, 0) is 28.8 Å². The van der Waals surface area contributed by atoms with Crippen LogP contribution in [0.15, 0.2) is 60.2 Å². The Balaban J connectivity index is 1.74. The predicted molar refractivity (Wildman–Crippen MR) is 91.4 cm³/mol. The van der Waals surface area contributed by atoms with E-state index >= 15 is 0 Å². The third-order valence-corrected chi connectivity index (χ3v) is 4.04. The number of benzene rings is 2. The van der Waals surface area contributed by atoms with Gasteiger partial charge in [-0.25, -0.2) is 9.59 Å². The van der Waals surface area contributed by atoms with Crippen molar-refractivity contribution in [1.82, 2.24) is 4.90 Å². The molecule has 0 unspecified atom stereocenters. The summed E-state index contributed by atoms with van der Waals surface area (Å²) in [5.41, 5.74) is 2.37. The summed E-state index contributed by atoms with van der Waals surface area (Å²) >= 11 is 0. The summed E-state index contributed by atoms with van der Waals surface area (Å²) in [7, 11) is 0. The first-order valence-electron chi connectivity index (χ1n) is 7.75. The molecule has 0 fully saturated rings. The van der Waals surface area contributed by atoms with Crippen LogP contribution in [-0.2, 0) is 11.4 Å². The minimum absolute atomic E-state index is 0.0706. The highest BCUT2D eigenvalue weighted by atomic mass is 16.5. The highest BCUT2D eigenvalue weighted by Crippen LogP contribution is 2.28. The van der Waals surface area contributed by atoms with Gasteiger partial charge in [-0.2, -0.15) is 0 Å². The van der Waals surface area contributed by atoms with Crippen LogP contribution in [0.5, 0.6) is 5.75 Å². The highest BCUT2D eigenvalue weighted by Gasteiger charge is 2.30. The van der Waals surface area contributed by atoms with Gasteiger partial charge in [0.15, 0.2) is 0 Å². The molecule has 0 aromatic heterocycles. The molecule has 2 aromatic carbocycles. The fourth-order valence-electron chi connectivity index (χ4n) is 2.72. The Morgan fingerprint density at radius 1 is 0.960 bits per heavy atom. The van der Waals surface area contributed by atoms with Crippen LogP contribution in [0.4, 0.5) is 4.79 Å². The standard InChI is InChI=1S/C19H17NO5/c21-18(22)17-11-20(19(23)24)10-16(17)14-6-8-15(9-7-14)25-12-13-4-2-1-3-5-13/h1-9H,10-12H2,(H,21,22)(H,23,24). The average Bonchev–Trinajstić information content (AvgIpc) is 3.07. The topological polar surface area (TPSA) is 87.1 Å². The number of amides is 1. The highest BCUT2D eigenvalue weighted by molar-refractivity contribution is 6.00. The molecule has 128 valence electrons. The van der Waals surface area contributed by atoms with Crippen LogP contribution >= 0.6 is 0 Å². The molecule has 2 N–H and O–H groups in total. The third-order valence-electron chi connectivity index (χ3n) is 4.04. The Morgan fingerprint density at radius 3 is 2.24 bits per heavy atom. The molecule has 0 atom stereocenters. The molecule has 3 rings (SSSR count). The van der Waals surface area contributed by atoms with Gasteiger partial charge in [0, 0.05) is 0 Å². The van der Waals surface area contributed by atoms with Crippen LogP contribution in [-0.4, -0.2) is 40.3 Å². The number of aliphatic carboxylic acids is 1. The number of ether oxygens (including phenoxy) is 1. The predicted octanol–water partition coefficient (Wildman–Crippen LogP) is 3.10. The number of carbonyl (C=O) groups is 2. The van der Waals surface area contributed by atoms with Crippen molar-refractivity contribution in [3.63, 3.8) is 0 Å². The quantitative estimate of drug-likeness (QED) is 0.874. The third kappa shape index (κ3) is 3.80. The van der Waals surface area contributed by atoms with E-state index in [4.69, 9.17) is 9.84 Å². The largest absolute Gasteiger partial charge is 0.489 e. The lowest BCUT2D eigenvalue weighted by molar-refractivity contribution is -0.132. The fraction of sp³-hybridized carbons (Fsp3) is 0.158. The van der Waals surface area contributed by atoms with Gasteiger partial charge in [-0.1, -0.05) is 42.5 Å². The second kappa shape index (κ2) is 7.09. The Kier molecular flexibility index (Phi) is 4.70. The van der Waals surface area contributed by atoms with E-state index in [0.29, 0.717) is 23.5 Å². The molecule has 2 aromatic rings. The average molecular weight is 339 g/mol. The van der Waals surface area contributed by atoms with Crippen molar-refractivity contribution in [3.05, 3.63) is 71.3 Å². The maximum Gasteiger partial charge on any atom is 0.407 e. The zero-order valence-corrected chi connectivity index (χ0v) is 13.4. The van der Waals surface area contributed by atoms with E-state index in [0.717, 1.165) is 10.5 Å². The van der Waals surface area contributed by atoms with Gasteiger partial charge in [0.2, 0.25) is 0 Å². The molecule has 1 amide bonds. The van der Waals surface area contributed by atoms with E-state index in [1.54, 1.807) is 24.3 Å². The molecule has 0 radical (unpaired) electrons. The van der Waals surface area contributed by atoms with Gasteiger partial charge in [0.1, 0.15) is 12.4 Å². The molecule has 1 heterocycles. The Hall–Kier alpha value is -3.28. The summed E-state index contributed by atoms with van der Waals surface area (Å²) in [6.07, 6.45) is -1.13. The van der Waals surface area contributed by atoms with Crippen LogP contribution in [0, 0.1) is 0 Å². The summed E-state index contributed by atoms with van der Waals surface area (Å²) in [4.78, 5) is 23.6. The number of hydrogen-bond acceptors (Lipinski definition) is 3. The zero-order chi connectivity index (χ0) is 17.8. The summed E-state index contributed by atoms with van der Waals surface area (Å²) in [6.45, 7) is 0.406. The number of carboxylic acids is 1. The molecule has 0 spiro atoms. The molecule has 1 aliphatic heterocycles. The van der Waals surface area contributed by atoms with Crippen LogP contribution in [0.2, 0.25) is 0 Å². The van der Waals surface area contributed by atoms with Crippen molar-refractivity contribution >= 4 is 17.6 Å². The lowest BCUT2D eigenvalue weighted by Gasteiger charge is -2.11. The molecule has 6 heteroatoms. The maximum absolute atomic E-state index is 11.4. The second-order valence-corrected chi connectivity index (χ2v) is 5.70. The van der Waals surface area contributed by atoms with E-state index in [2.05, 4.69) is 0 Å². The van der Waals surface area contributed by atoms with Gasteiger partial charge >= 0.3 is 12.1 Å². The molecule has 0 bridgehead atoms. The monoisotopic (exact) mass is 339 g/mol. The van der Waals surface area contributed by atoms with Gasteiger partial charge < -0.3 is 14.9 Å². The fourth-order valence-corrected chi connectivity index (χ4v) is 2.72. The van der Waals surface area contributed by atoms with Crippen molar-refractivity contribution in [2.75, 3.05) is 13.1 Å². The second-order valence-electron chi connectivity index (χ2n) is 5.70. The normalized spacial score (nSPS) is 13.8. The smallest absolute Gasteiger partial charge is 0.407 e. The van der Waals surface area contributed by atoms with Crippen LogP contribution in [0.3, 0.4) is 0 Å². The first-order valence-corrected chi connectivity index (χ1v) is 7.75. The molecule has 25 heavy (non-hydrogen) atoms. The van der Waals surface area contributed by atoms with Crippen molar-refractivity contribution in [3.8, 4) is 5.75 Å². The lowest BCUT2D eigenvalue weighted by atomic mass is 10.0. The maximum atomic E-state index is 11.4. The van der Waals surface area contributed by atoms with Gasteiger partial charge in [-0.15, -0.1) is 0 Å². The number of carboxylic acid groups (broad SMARTS) is 2. The molecule has 0 aliphatic carbocycles. The van der Waals surface area contributed by atoms with Crippen molar-refractivity contribution in [2.24, 2.45) is 0 Å². The van der Waals surface area contributed by atoms with E-state index in [9.17, 15) is 14.7 Å². The molecular weight excluding hydrogens is 322 g/mol. The van der Waals surface area contributed by atoms with E-state index in [1.165, 1.54) is 0 Å². The molecule has 0 saturated carbocycles. The molecule has 6 nitrogen and oxygen atoms in total. The van der Waals surface area contributed by atoms with Crippen molar-refractivity contribution < 1.29 is 24.5 Å². The van der Waals surface area contributed by atoms with E-state index in [1.807, 2.05) is 30.3 Å². The molecule has 0 saturated heterocycles. The minimum Gasteiger partial charge on any atom is -0.489 e. The minimum atomic E-state index is -1.13. The number of rotatable bonds is 5. The van der Waals surface area contributed by atoms with Gasteiger partial charge in [0.25, 0.3) is 0 Å². The van der Waals surface area contributed by atoms with Gasteiger partial charge in [0.05, 0.1) is 18.7 Å². The zero-order valence-electron chi connectivity index (χ0n) is 13.4. The Morgan fingerprint density at radius 2 is 1.64 bits per heavy atom. The summed E-state index contributed by atoms with van der Waals surface area (Å²) < 4.78 is 5.71. The van der Waals surface area contributed by atoms with Crippen LogP contribution in [0.1, 0.15) is 11.1 Å². The van der Waals surface area contributed by atoms with E-state index in [-0.39, 0.29) is 18.7 Å². The molecule has 1 aliphatic rings. The molecular formula is C19H17NO5. The van der Waals surface area contributed by atoms with Gasteiger partial charge in [-0.3, -0.25) is 4.90 Å². The Labute approximate surface area is 144 Å². The van der Waals surface area contributed by atoms with Crippen LogP contribution < -0.4 is 4.74 Å². The lowest BCUT2D eigenvalue weighted by Crippen LogP contribution is -2.28. The van der Waals surface area contributed by atoms with Crippen molar-refractivity contribution in [2.45, 2.75) is 6.61 Å². The van der Waals surface area contributed by atoms with Crippen LogP contribution in [0.25, 0.3) is 5.57 Å². The number of hydrogen-bond donors (Lipinski definition) is 2. The SMILES string of the molecule is O=C(O)C1=C(c2ccc(OCc3ccccc3)cc2)CN(C(=O)O)C1. The first kappa shape index (κ1) is 16.6. The summed E-state index contributed by atoms with van der Waals surface area (Å²) in [5, 5.41) is 18.4.